The van der Waals surface area contributed by atoms with Gasteiger partial charge >= 0.3 is 0 Å². The number of carbonyl (C=O) groups excluding carboxylic acids is 1. The molecule has 0 heterocycles. The van der Waals surface area contributed by atoms with E-state index in [1.807, 2.05) is 12.1 Å². The van der Waals surface area contributed by atoms with Crippen molar-refractivity contribution >= 4 is 17.9 Å². The maximum Gasteiger partial charge on any atom is 0.151 e. The fraction of sp³-hybridized carbons (Fsp3) is 0.235. The predicted octanol–water partition coefficient (Wildman–Crippen LogP) is 5.09. The van der Waals surface area contributed by atoms with Gasteiger partial charge in [0.1, 0.15) is 0 Å². The maximum atomic E-state index is 10.7. The smallest absolute Gasteiger partial charge is 0.151 e. The van der Waals surface area contributed by atoms with Crippen molar-refractivity contribution in [1.82, 2.24) is 0 Å². The number of rotatable bonds is 3. The van der Waals surface area contributed by atoms with Gasteiger partial charge in [-0.25, -0.2) is 0 Å². The molecule has 2 heteroatoms. The third-order valence-electron chi connectivity index (χ3n) is 3.95. The van der Waals surface area contributed by atoms with E-state index < -0.39 is 0 Å². The van der Waals surface area contributed by atoms with Crippen LogP contribution < -0.4 is 0 Å². The molecule has 0 spiro atoms. The first-order valence-electron chi connectivity index (χ1n) is 6.63. The molecular weight excluding hydrogens is 256 g/mol. The summed E-state index contributed by atoms with van der Waals surface area (Å²) >= 11 is 6.06. The van der Waals surface area contributed by atoms with E-state index in [0.717, 1.165) is 23.3 Å². The lowest BCUT2D eigenvalue weighted by molar-refractivity contribution is 0.112. The van der Waals surface area contributed by atoms with Gasteiger partial charge in [-0.3, -0.25) is 4.79 Å². The third-order valence-corrected chi connectivity index (χ3v) is 4.28. The Kier molecular flexibility index (Phi) is 3.39. The molecule has 0 N–H and O–H groups in total. The summed E-state index contributed by atoms with van der Waals surface area (Å²) in [6, 6.07) is 14.3. The van der Waals surface area contributed by atoms with E-state index >= 15 is 0 Å². The third kappa shape index (κ3) is 2.43. The summed E-state index contributed by atoms with van der Waals surface area (Å²) in [5.74, 6) is 0.759. The first kappa shape index (κ1) is 12.4. The zero-order valence-corrected chi connectivity index (χ0v) is 11.4. The zero-order valence-electron chi connectivity index (χ0n) is 10.6. The molecule has 0 aromatic heterocycles. The van der Waals surface area contributed by atoms with Crippen LogP contribution in [0.5, 0.6) is 0 Å². The van der Waals surface area contributed by atoms with Crippen LogP contribution in [0.4, 0.5) is 0 Å². The number of carbonyl (C=O) groups is 1. The highest BCUT2D eigenvalue weighted by atomic mass is 35.5. The van der Waals surface area contributed by atoms with Crippen LogP contribution in [0, 0.1) is 0 Å². The Hall–Kier alpha value is -1.60. The average molecular weight is 271 g/mol. The first-order chi connectivity index (χ1) is 9.28. The minimum atomic E-state index is 0.510. The van der Waals surface area contributed by atoms with Crippen molar-refractivity contribution in [3.05, 3.63) is 58.6 Å². The number of benzene rings is 2. The van der Waals surface area contributed by atoms with Gasteiger partial charge in [0.25, 0.3) is 0 Å². The van der Waals surface area contributed by atoms with Crippen molar-refractivity contribution < 1.29 is 4.79 Å². The Bertz CT molecular complexity index is 597. The lowest BCUT2D eigenvalue weighted by Crippen LogP contribution is -2.08. The van der Waals surface area contributed by atoms with Crippen LogP contribution in [0.1, 0.15) is 41.1 Å². The van der Waals surface area contributed by atoms with Crippen LogP contribution in [-0.4, -0.2) is 6.29 Å². The molecule has 2 aromatic carbocycles. The van der Waals surface area contributed by atoms with Crippen LogP contribution in [0.15, 0.2) is 42.5 Å². The fourth-order valence-corrected chi connectivity index (χ4v) is 2.72. The monoisotopic (exact) mass is 270 g/mol. The topological polar surface area (TPSA) is 17.1 Å². The summed E-state index contributed by atoms with van der Waals surface area (Å²) in [4.78, 5) is 10.7. The highest BCUT2D eigenvalue weighted by molar-refractivity contribution is 6.33. The summed E-state index contributed by atoms with van der Waals surface area (Å²) in [5, 5.41) is 0.510. The molecular formula is C17H15ClO. The standard InChI is InChI=1S/C17H15ClO/c18-17-10-15(8-9-16(17)11-19)14-6-4-13(5-7-14)12-2-1-3-12/h4-12H,1-3H2. The zero-order chi connectivity index (χ0) is 13.2. The van der Waals surface area contributed by atoms with Crippen molar-refractivity contribution in [2.24, 2.45) is 0 Å². The molecule has 0 radical (unpaired) electrons. The van der Waals surface area contributed by atoms with E-state index in [1.54, 1.807) is 6.07 Å². The van der Waals surface area contributed by atoms with Crippen molar-refractivity contribution in [2.45, 2.75) is 25.2 Å². The molecule has 0 unspecified atom stereocenters. The molecule has 1 saturated carbocycles. The molecule has 0 atom stereocenters. The average Bonchev–Trinajstić information content (AvgIpc) is 2.37. The van der Waals surface area contributed by atoms with Crippen LogP contribution in [0.2, 0.25) is 5.02 Å². The first-order valence-corrected chi connectivity index (χ1v) is 7.01. The van der Waals surface area contributed by atoms with Crippen LogP contribution in [0.3, 0.4) is 0 Å². The summed E-state index contributed by atoms with van der Waals surface area (Å²) < 4.78 is 0. The molecule has 19 heavy (non-hydrogen) atoms. The number of hydrogen-bond acceptors (Lipinski definition) is 1. The number of halogens is 1. The molecule has 2 aromatic rings. The second-order valence-electron chi connectivity index (χ2n) is 5.10. The van der Waals surface area contributed by atoms with E-state index in [2.05, 4.69) is 24.3 Å². The minimum absolute atomic E-state index is 0.510. The summed E-state index contributed by atoms with van der Waals surface area (Å²) in [7, 11) is 0. The van der Waals surface area contributed by atoms with Crippen LogP contribution in [-0.2, 0) is 0 Å². The van der Waals surface area contributed by atoms with Gasteiger partial charge in [-0.2, -0.15) is 0 Å². The second kappa shape index (κ2) is 5.18. The van der Waals surface area contributed by atoms with Crippen LogP contribution in [0.25, 0.3) is 11.1 Å². The summed E-state index contributed by atoms with van der Waals surface area (Å²) in [6.45, 7) is 0. The van der Waals surface area contributed by atoms with Crippen molar-refractivity contribution in [3.8, 4) is 11.1 Å². The molecule has 0 saturated heterocycles. The van der Waals surface area contributed by atoms with Gasteiger partial charge in [0.15, 0.2) is 6.29 Å². The van der Waals surface area contributed by atoms with Gasteiger partial charge in [-0.1, -0.05) is 48.4 Å². The Labute approximate surface area is 118 Å². The molecule has 0 bridgehead atoms. The maximum absolute atomic E-state index is 10.7. The Morgan fingerprint density at radius 2 is 1.68 bits per heavy atom. The minimum Gasteiger partial charge on any atom is -0.298 e. The van der Waals surface area contributed by atoms with Crippen molar-refractivity contribution in [1.29, 1.82) is 0 Å². The van der Waals surface area contributed by atoms with E-state index in [1.165, 1.54) is 24.8 Å². The van der Waals surface area contributed by atoms with Crippen LogP contribution >= 0.6 is 11.6 Å². The Balaban J connectivity index is 1.89. The van der Waals surface area contributed by atoms with Gasteiger partial charge in [-0.15, -0.1) is 0 Å². The SMILES string of the molecule is O=Cc1ccc(-c2ccc(C3CCC3)cc2)cc1Cl. The lowest BCUT2D eigenvalue weighted by atomic mass is 9.80. The molecule has 0 amide bonds. The molecule has 0 aliphatic heterocycles. The second-order valence-corrected chi connectivity index (χ2v) is 5.51. The molecule has 1 aliphatic rings. The van der Waals surface area contributed by atoms with Gasteiger partial charge in [-0.05, 0) is 47.6 Å². The summed E-state index contributed by atoms with van der Waals surface area (Å²) in [5.41, 5.74) is 4.17. The quantitative estimate of drug-likeness (QED) is 0.710. The molecule has 3 rings (SSSR count). The molecule has 1 aliphatic carbocycles. The van der Waals surface area contributed by atoms with Gasteiger partial charge < -0.3 is 0 Å². The Morgan fingerprint density at radius 1 is 1.00 bits per heavy atom. The van der Waals surface area contributed by atoms with Crippen molar-refractivity contribution in [3.63, 3.8) is 0 Å². The van der Waals surface area contributed by atoms with E-state index in [4.69, 9.17) is 11.6 Å². The van der Waals surface area contributed by atoms with E-state index in [9.17, 15) is 4.79 Å². The predicted molar refractivity (Wildman–Crippen MR) is 78.9 cm³/mol. The largest absolute Gasteiger partial charge is 0.298 e. The Morgan fingerprint density at radius 3 is 2.21 bits per heavy atom. The van der Waals surface area contributed by atoms with Crippen molar-refractivity contribution in [2.75, 3.05) is 0 Å². The van der Waals surface area contributed by atoms with Gasteiger partial charge in [0.2, 0.25) is 0 Å². The molecule has 1 nitrogen and oxygen atoms in total. The van der Waals surface area contributed by atoms with E-state index in [-0.39, 0.29) is 0 Å². The highest BCUT2D eigenvalue weighted by Gasteiger charge is 2.18. The number of aldehydes is 1. The lowest BCUT2D eigenvalue weighted by Gasteiger charge is -2.25. The normalized spacial score (nSPS) is 15.0. The van der Waals surface area contributed by atoms with E-state index in [0.29, 0.717) is 10.6 Å². The van der Waals surface area contributed by atoms with Gasteiger partial charge in [0.05, 0.1) is 5.02 Å². The highest BCUT2D eigenvalue weighted by Crippen LogP contribution is 2.37. The molecule has 96 valence electrons. The van der Waals surface area contributed by atoms with Gasteiger partial charge in [0, 0.05) is 5.56 Å². The molecule has 1 fully saturated rings. The fourth-order valence-electron chi connectivity index (χ4n) is 2.49. The summed E-state index contributed by atoms with van der Waals surface area (Å²) in [6.07, 6.45) is 4.78. The number of hydrogen-bond donors (Lipinski definition) is 0.